The van der Waals surface area contributed by atoms with Crippen molar-refractivity contribution in [2.24, 2.45) is 11.8 Å². The average molecular weight is 671 g/mol. The van der Waals surface area contributed by atoms with Gasteiger partial charge in [-0.2, -0.15) is 0 Å². The molecule has 1 fully saturated rings. The van der Waals surface area contributed by atoms with Crippen molar-refractivity contribution in [1.82, 2.24) is 10.6 Å². The predicted molar refractivity (Wildman–Crippen MR) is 153 cm³/mol. The molecule has 3 aliphatic heterocycles. The maximum atomic E-state index is 13.9. The van der Waals surface area contributed by atoms with Crippen molar-refractivity contribution in [1.29, 1.82) is 0 Å². The number of rotatable bonds is 7. The van der Waals surface area contributed by atoms with Crippen molar-refractivity contribution >= 4 is 11.8 Å². The zero-order valence-electron chi connectivity index (χ0n) is 25.8. The van der Waals surface area contributed by atoms with Crippen molar-refractivity contribution in [3.63, 3.8) is 0 Å². The normalized spacial score (nSPS) is 27.5. The van der Waals surface area contributed by atoms with Crippen LogP contribution in [0, 0.1) is 11.8 Å². The Kier molecular flexibility index (Phi) is 8.12. The van der Waals surface area contributed by atoms with Crippen LogP contribution in [0.25, 0.3) is 0 Å². The topological polar surface area (TPSA) is 125 Å². The maximum absolute atomic E-state index is 13.9. The summed E-state index contributed by atoms with van der Waals surface area (Å²) >= 11 is 0. The minimum absolute atomic E-state index is 0.0721. The SMILES string of the molecule is CC(C)(CO)NC(=O)C1CCC([C@H]2C[C@@H](NC(=O)[C@@]3(C)COc4cc5c(cc43)OC(F)(F)O5)c3ccc(OC(F)(F)F)cc3O2)CC1. The summed E-state index contributed by atoms with van der Waals surface area (Å²) in [5, 5.41) is 15.4. The number of hydrogen-bond acceptors (Lipinski definition) is 8. The van der Waals surface area contributed by atoms with Crippen LogP contribution in [0.5, 0.6) is 28.7 Å². The van der Waals surface area contributed by atoms with Crippen LogP contribution in [-0.4, -0.2) is 54.4 Å². The number of carbonyl (C=O) groups excluding carboxylic acids is 2. The lowest BCUT2D eigenvalue weighted by Crippen LogP contribution is -2.49. The van der Waals surface area contributed by atoms with Crippen LogP contribution in [0.1, 0.15) is 70.0 Å². The number of amides is 2. The van der Waals surface area contributed by atoms with E-state index in [1.165, 1.54) is 18.2 Å². The van der Waals surface area contributed by atoms with E-state index in [-0.39, 0.29) is 60.4 Å². The third kappa shape index (κ3) is 6.72. The van der Waals surface area contributed by atoms with Crippen LogP contribution in [-0.2, 0) is 15.0 Å². The summed E-state index contributed by atoms with van der Waals surface area (Å²) < 4.78 is 91.7. The number of benzene rings is 2. The summed E-state index contributed by atoms with van der Waals surface area (Å²) in [5.74, 6) is -1.63. The molecule has 3 heterocycles. The molecule has 2 aromatic rings. The molecule has 6 rings (SSSR count). The van der Waals surface area contributed by atoms with Gasteiger partial charge >= 0.3 is 12.7 Å². The Balaban J connectivity index is 1.22. The minimum atomic E-state index is -4.93. The van der Waals surface area contributed by atoms with E-state index in [4.69, 9.17) is 9.47 Å². The molecule has 0 bridgehead atoms. The van der Waals surface area contributed by atoms with Gasteiger partial charge < -0.3 is 39.4 Å². The lowest BCUT2D eigenvalue weighted by Gasteiger charge is -2.40. The molecule has 0 unspecified atom stereocenters. The lowest BCUT2D eigenvalue weighted by atomic mass is 9.76. The molecule has 10 nitrogen and oxygen atoms in total. The first-order chi connectivity index (χ1) is 22.0. The number of hydrogen-bond donors (Lipinski definition) is 3. The summed E-state index contributed by atoms with van der Waals surface area (Å²) in [4.78, 5) is 26.8. The maximum Gasteiger partial charge on any atom is 0.586 e. The van der Waals surface area contributed by atoms with Crippen LogP contribution >= 0.6 is 0 Å². The molecule has 1 saturated carbocycles. The molecule has 47 heavy (non-hydrogen) atoms. The third-order valence-electron chi connectivity index (χ3n) is 9.29. The molecular formula is C32H35F5N2O8. The summed E-state index contributed by atoms with van der Waals surface area (Å²) in [7, 11) is 0. The first kappa shape index (κ1) is 32.9. The summed E-state index contributed by atoms with van der Waals surface area (Å²) in [5.41, 5.74) is -1.34. The van der Waals surface area contributed by atoms with E-state index in [2.05, 4.69) is 24.8 Å². The van der Waals surface area contributed by atoms with E-state index in [1.807, 2.05) is 0 Å². The van der Waals surface area contributed by atoms with Crippen LogP contribution < -0.4 is 34.3 Å². The fourth-order valence-electron chi connectivity index (χ4n) is 6.66. The van der Waals surface area contributed by atoms with Gasteiger partial charge in [-0.15, -0.1) is 22.0 Å². The summed E-state index contributed by atoms with van der Waals surface area (Å²) in [6, 6.07) is 5.53. The molecule has 4 aliphatic rings. The molecular weight excluding hydrogens is 635 g/mol. The summed E-state index contributed by atoms with van der Waals surface area (Å²) in [6.07, 6.45) is -6.74. The van der Waals surface area contributed by atoms with Crippen LogP contribution in [0.4, 0.5) is 22.0 Å². The number of aliphatic hydroxyl groups is 1. The lowest BCUT2D eigenvalue weighted by molar-refractivity contribution is -0.286. The first-order valence-electron chi connectivity index (χ1n) is 15.3. The number of carbonyl (C=O) groups is 2. The Bertz CT molecular complexity index is 1560. The zero-order valence-corrected chi connectivity index (χ0v) is 25.8. The van der Waals surface area contributed by atoms with Crippen molar-refractivity contribution in [3.05, 3.63) is 41.5 Å². The van der Waals surface area contributed by atoms with Crippen LogP contribution in [0.3, 0.4) is 0 Å². The monoisotopic (exact) mass is 670 g/mol. The van der Waals surface area contributed by atoms with Crippen molar-refractivity contribution in [2.45, 2.75) is 88.6 Å². The van der Waals surface area contributed by atoms with Gasteiger partial charge in [-0.25, -0.2) is 0 Å². The fourth-order valence-corrected chi connectivity index (χ4v) is 6.66. The predicted octanol–water partition coefficient (Wildman–Crippen LogP) is 5.26. The van der Waals surface area contributed by atoms with E-state index in [0.717, 1.165) is 12.1 Å². The highest BCUT2D eigenvalue weighted by Gasteiger charge is 2.50. The largest absolute Gasteiger partial charge is 0.586 e. The Hall–Kier alpha value is -4.01. The number of halogens is 5. The highest BCUT2D eigenvalue weighted by atomic mass is 19.4. The van der Waals surface area contributed by atoms with Gasteiger partial charge in [0.15, 0.2) is 11.5 Å². The van der Waals surface area contributed by atoms with Crippen molar-refractivity contribution < 1.29 is 60.3 Å². The number of aliphatic hydroxyl groups excluding tert-OH is 1. The first-order valence-corrected chi connectivity index (χ1v) is 15.3. The van der Waals surface area contributed by atoms with Gasteiger partial charge in [0.2, 0.25) is 11.8 Å². The number of nitrogens with one attached hydrogen (secondary N) is 2. The Morgan fingerprint density at radius 2 is 1.68 bits per heavy atom. The molecule has 15 heteroatoms. The van der Waals surface area contributed by atoms with E-state index < -0.39 is 47.4 Å². The standard InChI is InChI=1S/C32H35F5N2O8/c1-29(2,14-40)39-27(41)17-6-4-16(5-7-17)22-12-21(19-9-8-18(10-23(19)44-22)45-31(33,34)35)38-28(42)30(3)15-43-24-13-26-25(11-20(24)30)46-32(36,37)47-26/h8-11,13,16-17,21-22,40H,4-7,12,14-15H2,1-3H3,(H,38,42)(H,39,41)/t16?,17?,21-,22-,30+/m1/s1. The smallest absolute Gasteiger partial charge is 0.492 e. The second-order valence-electron chi connectivity index (χ2n) is 13.4. The van der Waals surface area contributed by atoms with E-state index in [9.17, 15) is 36.6 Å². The highest BCUT2D eigenvalue weighted by Crippen LogP contribution is 2.50. The number of alkyl halides is 5. The number of ether oxygens (including phenoxy) is 5. The third-order valence-corrected chi connectivity index (χ3v) is 9.29. The summed E-state index contributed by atoms with van der Waals surface area (Å²) in [6.45, 7) is 4.72. The van der Waals surface area contributed by atoms with Gasteiger partial charge in [-0.1, -0.05) is 0 Å². The minimum Gasteiger partial charge on any atom is -0.492 e. The Morgan fingerprint density at radius 3 is 2.34 bits per heavy atom. The molecule has 1 aliphatic carbocycles. The van der Waals surface area contributed by atoms with E-state index in [0.29, 0.717) is 36.8 Å². The van der Waals surface area contributed by atoms with Gasteiger partial charge in [0.25, 0.3) is 0 Å². The van der Waals surface area contributed by atoms with Crippen molar-refractivity contribution in [3.8, 4) is 28.7 Å². The molecule has 2 aromatic carbocycles. The highest BCUT2D eigenvalue weighted by molar-refractivity contribution is 5.90. The Morgan fingerprint density at radius 1 is 1.00 bits per heavy atom. The molecule has 0 aromatic heterocycles. The van der Waals surface area contributed by atoms with Gasteiger partial charge in [0.1, 0.15) is 35.4 Å². The van der Waals surface area contributed by atoms with Crippen molar-refractivity contribution in [2.75, 3.05) is 13.2 Å². The zero-order chi connectivity index (χ0) is 33.9. The molecule has 2 amide bonds. The van der Waals surface area contributed by atoms with E-state index in [1.54, 1.807) is 20.8 Å². The van der Waals surface area contributed by atoms with Crippen LogP contribution in [0.15, 0.2) is 30.3 Å². The molecule has 256 valence electrons. The molecule has 3 atom stereocenters. The Labute approximate surface area is 266 Å². The van der Waals surface area contributed by atoms with Gasteiger partial charge in [0, 0.05) is 35.6 Å². The number of fused-ring (bicyclic) bond motifs is 3. The molecule has 0 radical (unpaired) electrons. The van der Waals surface area contributed by atoms with Gasteiger partial charge in [0.05, 0.1) is 18.2 Å². The van der Waals surface area contributed by atoms with E-state index >= 15 is 0 Å². The van der Waals surface area contributed by atoms with Crippen LogP contribution in [0.2, 0.25) is 0 Å². The second-order valence-corrected chi connectivity index (χ2v) is 13.4. The van der Waals surface area contributed by atoms with Gasteiger partial charge in [-0.3, -0.25) is 9.59 Å². The molecule has 3 N–H and O–H groups in total. The second kappa shape index (κ2) is 11.6. The quantitative estimate of drug-likeness (QED) is 0.341. The average Bonchev–Trinajstić information content (AvgIpc) is 3.48. The fraction of sp³-hybridized carbons (Fsp3) is 0.562. The van der Waals surface area contributed by atoms with Gasteiger partial charge in [-0.05, 0) is 70.6 Å². The molecule has 0 saturated heterocycles. The molecule has 0 spiro atoms.